The molecule has 3 aromatic heterocycles. The minimum absolute atomic E-state index is 0.892. The molecule has 0 saturated heterocycles. The normalized spacial score (nSPS) is 11.1. The molecular formula is C16H13N5. The summed E-state index contributed by atoms with van der Waals surface area (Å²) < 4.78 is 4.02. The molecule has 21 heavy (non-hydrogen) atoms. The molecule has 0 bridgehead atoms. The summed E-state index contributed by atoms with van der Waals surface area (Å²) in [5, 5.41) is 12.3. The molecule has 4 aromatic rings. The standard InChI is InChI=1S/C16H13N5/c1-12-4-2-3-5-15(12)20-8-9-21-16(20)10-14(19-21)13-6-7-17-18-11-13/h2-11H,1H3. The SMILES string of the molecule is Cc1ccccc1-n1ccn2nc(-c3ccnnc3)cc12. The van der Waals surface area contributed by atoms with Crippen LogP contribution in [0, 0.1) is 6.92 Å². The van der Waals surface area contributed by atoms with Crippen molar-refractivity contribution in [2.24, 2.45) is 0 Å². The molecule has 102 valence electrons. The van der Waals surface area contributed by atoms with E-state index in [0.717, 1.165) is 22.6 Å². The summed E-state index contributed by atoms with van der Waals surface area (Å²) >= 11 is 0. The summed E-state index contributed by atoms with van der Waals surface area (Å²) in [4.78, 5) is 0. The molecule has 0 unspecified atom stereocenters. The second-order valence-corrected chi connectivity index (χ2v) is 4.92. The van der Waals surface area contributed by atoms with Crippen molar-refractivity contribution in [2.75, 3.05) is 0 Å². The van der Waals surface area contributed by atoms with Crippen LogP contribution < -0.4 is 0 Å². The molecule has 5 heteroatoms. The number of aromatic nitrogens is 5. The lowest BCUT2D eigenvalue weighted by atomic mass is 10.2. The molecule has 0 aliphatic carbocycles. The summed E-state index contributed by atoms with van der Waals surface area (Å²) in [5.74, 6) is 0. The van der Waals surface area contributed by atoms with Crippen LogP contribution in [0.1, 0.15) is 5.56 Å². The molecule has 3 heterocycles. The van der Waals surface area contributed by atoms with Gasteiger partial charge in [-0.05, 0) is 24.6 Å². The Morgan fingerprint density at radius 2 is 1.90 bits per heavy atom. The number of nitrogens with zero attached hydrogens (tertiary/aromatic N) is 5. The van der Waals surface area contributed by atoms with E-state index in [0.29, 0.717) is 0 Å². The van der Waals surface area contributed by atoms with E-state index in [9.17, 15) is 0 Å². The molecule has 0 atom stereocenters. The van der Waals surface area contributed by atoms with E-state index < -0.39 is 0 Å². The third-order valence-corrected chi connectivity index (χ3v) is 3.57. The Hall–Kier alpha value is -2.95. The zero-order valence-electron chi connectivity index (χ0n) is 11.5. The van der Waals surface area contributed by atoms with E-state index in [1.54, 1.807) is 12.4 Å². The van der Waals surface area contributed by atoms with Gasteiger partial charge in [-0.25, -0.2) is 4.52 Å². The number of benzene rings is 1. The van der Waals surface area contributed by atoms with Crippen molar-refractivity contribution in [3.8, 4) is 16.9 Å². The van der Waals surface area contributed by atoms with Crippen LogP contribution in [0.15, 0.2) is 61.2 Å². The highest BCUT2D eigenvalue weighted by atomic mass is 15.3. The average molecular weight is 275 g/mol. The first-order valence-electron chi connectivity index (χ1n) is 6.73. The minimum atomic E-state index is 0.892. The number of aryl methyl sites for hydroxylation is 1. The van der Waals surface area contributed by atoms with Gasteiger partial charge >= 0.3 is 0 Å². The Balaban J connectivity index is 1.90. The third kappa shape index (κ3) is 1.90. The molecule has 0 radical (unpaired) electrons. The predicted octanol–water partition coefficient (Wildman–Crippen LogP) is 2.89. The van der Waals surface area contributed by atoms with Gasteiger partial charge in [0.15, 0.2) is 0 Å². The maximum atomic E-state index is 4.59. The van der Waals surface area contributed by atoms with Gasteiger partial charge < -0.3 is 0 Å². The lowest BCUT2D eigenvalue weighted by Gasteiger charge is -2.06. The first-order valence-corrected chi connectivity index (χ1v) is 6.73. The first-order chi connectivity index (χ1) is 10.3. The Morgan fingerprint density at radius 3 is 2.71 bits per heavy atom. The summed E-state index contributed by atoms with van der Waals surface area (Å²) in [6.07, 6.45) is 7.38. The van der Waals surface area contributed by atoms with Gasteiger partial charge in [0.2, 0.25) is 0 Å². The van der Waals surface area contributed by atoms with Crippen LogP contribution in [0.4, 0.5) is 0 Å². The molecule has 5 nitrogen and oxygen atoms in total. The maximum Gasteiger partial charge on any atom is 0.140 e. The van der Waals surface area contributed by atoms with Crippen LogP contribution >= 0.6 is 0 Å². The smallest absolute Gasteiger partial charge is 0.140 e. The highest BCUT2D eigenvalue weighted by molar-refractivity contribution is 5.65. The van der Waals surface area contributed by atoms with Crippen LogP contribution in [-0.4, -0.2) is 24.4 Å². The summed E-state index contributed by atoms with van der Waals surface area (Å²) in [6.45, 7) is 2.11. The number of hydrogen-bond donors (Lipinski definition) is 0. The van der Waals surface area contributed by atoms with Gasteiger partial charge in [-0.1, -0.05) is 18.2 Å². The largest absolute Gasteiger partial charge is 0.300 e. The highest BCUT2D eigenvalue weighted by Gasteiger charge is 2.10. The molecule has 0 amide bonds. The third-order valence-electron chi connectivity index (χ3n) is 3.57. The van der Waals surface area contributed by atoms with Crippen molar-refractivity contribution < 1.29 is 0 Å². The van der Waals surface area contributed by atoms with Crippen LogP contribution in [0.25, 0.3) is 22.6 Å². The van der Waals surface area contributed by atoms with E-state index in [1.807, 2.05) is 35.1 Å². The number of hydrogen-bond acceptors (Lipinski definition) is 3. The monoisotopic (exact) mass is 275 g/mol. The number of rotatable bonds is 2. The van der Waals surface area contributed by atoms with E-state index in [1.165, 1.54) is 5.56 Å². The molecule has 0 fully saturated rings. The van der Waals surface area contributed by atoms with Crippen LogP contribution in [0.5, 0.6) is 0 Å². The Labute approximate surface area is 121 Å². The molecule has 0 aliphatic rings. The van der Waals surface area contributed by atoms with Gasteiger partial charge in [-0.15, -0.1) is 0 Å². The van der Waals surface area contributed by atoms with Gasteiger partial charge in [-0.3, -0.25) is 4.57 Å². The lowest BCUT2D eigenvalue weighted by Crippen LogP contribution is -1.94. The fraction of sp³-hybridized carbons (Fsp3) is 0.0625. The molecule has 1 aromatic carbocycles. The van der Waals surface area contributed by atoms with Crippen molar-refractivity contribution >= 4 is 5.65 Å². The minimum Gasteiger partial charge on any atom is -0.300 e. The van der Waals surface area contributed by atoms with Crippen molar-refractivity contribution in [1.82, 2.24) is 24.4 Å². The average Bonchev–Trinajstić information content (AvgIpc) is 3.09. The number of fused-ring (bicyclic) bond motifs is 1. The summed E-state index contributed by atoms with van der Waals surface area (Å²) in [5.41, 5.74) is 5.26. The summed E-state index contributed by atoms with van der Waals surface area (Å²) in [7, 11) is 0. The Bertz CT molecular complexity index is 905. The quantitative estimate of drug-likeness (QED) is 0.565. The molecule has 4 rings (SSSR count). The fourth-order valence-corrected chi connectivity index (χ4v) is 2.50. The second kappa shape index (κ2) is 4.56. The summed E-state index contributed by atoms with van der Waals surface area (Å²) in [6, 6.07) is 12.3. The van der Waals surface area contributed by atoms with E-state index >= 15 is 0 Å². The predicted molar refractivity (Wildman–Crippen MR) is 80.3 cm³/mol. The van der Waals surface area contributed by atoms with E-state index in [2.05, 4.69) is 45.0 Å². The number of para-hydroxylation sites is 1. The van der Waals surface area contributed by atoms with Gasteiger partial charge in [-0.2, -0.15) is 15.3 Å². The van der Waals surface area contributed by atoms with E-state index in [-0.39, 0.29) is 0 Å². The van der Waals surface area contributed by atoms with Crippen LogP contribution in [0.2, 0.25) is 0 Å². The molecule has 0 aliphatic heterocycles. The van der Waals surface area contributed by atoms with E-state index in [4.69, 9.17) is 0 Å². The number of imidazole rings is 1. The Kier molecular flexibility index (Phi) is 2.57. The van der Waals surface area contributed by atoms with Crippen molar-refractivity contribution in [3.63, 3.8) is 0 Å². The first kappa shape index (κ1) is 11.8. The fourth-order valence-electron chi connectivity index (χ4n) is 2.50. The lowest BCUT2D eigenvalue weighted by molar-refractivity contribution is 0.963. The molecular weight excluding hydrogens is 262 g/mol. The molecule has 0 N–H and O–H groups in total. The van der Waals surface area contributed by atoms with Crippen molar-refractivity contribution in [3.05, 3.63) is 66.7 Å². The van der Waals surface area contributed by atoms with Crippen molar-refractivity contribution in [1.29, 1.82) is 0 Å². The van der Waals surface area contributed by atoms with Crippen LogP contribution in [0.3, 0.4) is 0 Å². The Morgan fingerprint density at radius 1 is 1.00 bits per heavy atom. The topological polar surface area (TPSA) is 48.0 Å². The molecule has 0 saturated carbocycles. The van der Waals surface area contributed by atoms with Gasteiger partial charge in [0.25, 0.3) is 0 Å². The van der Waals surface area contributed by atoms with Gasteiger partial charge in [0.1, 0.15) is 5.65 Å². The highest BCUT2D eigenvalue weighted by Crippen LogP contribution is 2.22. The molecule has 0 spiro atoms. The second-order valence-electron chi connectivity index (χ2n) is 4.92. The van der Waals surface area contributed by atoms with Gasteiger partial charge in [0.05, 0.1) is 18.1 Å². The van der Waals surface area contributed by atoms with Crippen molar-refractivity contribution in [2.45, 2.75) is 6.92 Å². The van der Waals surface area contributed by atoms with Crippen LogP contribution in [-0.2, 0) is 0 Å². The maximum absolute atomic E-state index is 4.59. The zero-order chi connectivity index (χ0) is 14.2. The zero-order valence-corrected chi connectivity index (χ0v) is 11.5. The van der Waals surface area contributed by atoms with Gasteiger partial charge in [0, 0.05) is 29.7 Å².